The van der Waals surface area contributed by atoms with Crippen LogP contribution in [-0.4, -0.2) is 25.0 Å². The van der Waals surface area contributed by atoms with E-state index in [4.69, 9.17) is 9.47 Å². The second-order valence-electron chi connectivity index (χ2n) is 5.15. The maximum absolute atomic E-state index is 13.7. The summed E-state index contributed by atoms with van der Waals surface area (Å²) in [6.45, 7) is 1.39. The molecule has 0 radical (unpaired) electrons. The fourth-order valence-corrected chi connectivity index (χ4v) is 3.18. The molecule has 19 heavy (non-hydrogen) atoms. The largest absolute Gasteiger partial charge is 0.380 e. The van der Waals surface area contributed by atoms with E-state index in [1.165, 1.54) is 6.07 Å². The summed E-state index contributed by atoms with van der Waals surface area (Å²) in [6.07, 6.45) is 3.62. The van der Waals surface area contributed by atoms with Gasteiger partial charge in [-0.25, -0.2) is 4.39 Å². The van der Waals surface area contributed by atoms with Gasteiger partial charge in [0.1, 0.15) is 5.82 Å². The van der Waals surface area contributed by atoms with Gasteiger partial charge < -0.3 is 14.8 Å². The molecule has 0 unspecified atom stereocenters. The molecule has 104 valence electrons. The summed E-state index contributed by atoms with van der Waals surface area (Å²) in [7, 11) is 0. The van der Waals surface area contributed by atoms with Gasteiger partial charge >= 0.3 is 0 Å². The zero-order valence-corrected chi connectivity index (χ0v) is 12.2. The highest BCUT2D eigenvalue weighted by molar-refractivity contribution is 9.10. The van der Waals surface area contributed by atoms with Gasteiger partial charge in [0.05, 0.1) is 18.9 Å². The first-order valence-electron chi connectivity index (χ1n) is 6.66. The highest BCUT2D eigenvalue weighted by atomic mass is 79.9. The zero-order valence-electron chi connectivity index (χ0n) is 10.6. The summed E-state index contributed by atoms with van der Waals surface area (Å²) >= 11 is 3.36. The van der Waals surface area contributed by atoms with Gasteiger partial charge in [0, 0.05) is 23.4 Å². The van der Waals surface area contributed by atoms with E-state index in [-0.39, 0.29) is 17.6 Å². The van der Waals surface area contributed by atoms with Crippen molar-refractivity contribution in [1.29, 1.82) is 0 Å². The van der Waals surface area contributed by atoms with E-state index < -0.39 is 0 Å². The van der Waals surface area contributed by atoms with Crippen LogP contribution >= 0.6 is 15.9 Å². The van der Waals surface area contributed by atoms with Crippen LogP contribution in [0.15, 0.2) is 22.7 Å². The lowest BCUT2D eigenvalue weighted by atomic mass is 9.90. The molecule has 0 aromatic heterocycles. The number of nitrogens with one attached hydrogen (secondary N) is 1. The minimum atomic E-state index is -0.353. The SMILES string of the molecule is Fc1ccc(Br)cc1NC1CCC2(CC1)OCCO2. The third kappa shape index (κ3) is 2.93. The predicted octanol–water partition coefficient (Wildman–Crippen LogP) is 3.69. The molecule has 1 aliphatic heterocycles. The average molecular weight is 330 g/mol. The van der Waals surface area contributed by atoms with Crippen molar-refractivity contribution in [2.75, 3.05) is 18.5 Å². The molecule has 0 amide bonds. The Balaban J connectivity index is 1.61. The fraction of sp³-hybridized carbons (Fsp3) is 0.571. The summed E-state index contributed by atoms with van der Waals surface area (Å²) in [5, 5.41) is 3.28. The van der Waals surface area contributed by atoms with Gasteiger partial charge in [-0.1, -0.05) is 15.9 Å². The predicted molar refractivity (Wildman–Crippen MR) is 74.6 cm³/mol. The molecule has 3 nitrogen and oxygen atoms in total. The molecule has 2 aliphatic rings. The van der Waals surface area contributed by atoms with E-state index in [1.807, 2.05) is 0 Å². The topological polar surface area (TPSA) is 30.5 Å². The van der Waals surface area contributed by atoms with Crippen molar-refractivity contribution < 1.29 is 13.9 Å². The molecule has 1 saturated carbocycles. The second-order valence-corrected chi connectivity index (χ2v) is 6.07. The molecule has 1 spiro atoms. The van der Waals surface area contributed by atoms with Gasteiger partial charge in [-0.2, -0.15) is 0 Å². The molecule has 0 atom stereocenters. The molecule has 0 bridgehead atoms. The monoisotopic (exact) mass is 329 g/mol. The van der Waals surface area contributed by atoms with Crippen LogP contribution < -0.4 is 5.32 Å². The van der Waals surface area contributed by atoms with Crippen LogP contribution in [0.2, 0.25) is 0 Å². The van der Waals surface area contributed by atoms with Crippen LogP contribution in [0.4, 0.5) is 10.1 Å². The minimum absolute atomic E-state index is 0.211. The van der Waals surface area contributed by atoms with Crippen LogP contribution in [0.25, 0.3) is 0 Å². The number of halogens is 2. The van der Waals surface area contributed by atoms with Gasteiger partial charge in [-0.15, -0.1) is 0 Å². The standard InChI is InChI=1S/C14H17BrFNO2/c15-10-1-2-12(16)13(9-10)17-11-3-5-14(6-4-11)18-7-8-19-14/h1-2,9,11,17H,3-8H2. The van der Waals surface area contributed by atoms with Crippen LogP contribution in [0, 0.1) is 5.82 Å². The molecule has 2 fully saturated rings. The summed E-state index contributed by atoms with van der Waals surface area (Å²) in [5.41, 5.74) is 0.559. The maximum atomic E-state index is 13.7. The molecule has 1 saturated heterocycles. The van der Waals surface area contributed by atoms with Gasteiger partial charge in [-0.05, 0) is 31.0 Å². The summed E-state index contributed by atoms with van der Waals surface area (Å²) < 4.78 is 25.9. The summed E-state index contributed by atoms with van der Waals surface area (Å²) in [4.78, 5) is 0. The van der Waals surface area contributed by atoms with Crippen LogP contribution in [0.1, 0.15) is 25.7 Å². The number of rotatable bonds is 2. The third-order valence-electron chi connectivity index (χ3n) is 3.85. The van der Waals surface area contributed by atoms with Gasteiger partial charge in [0.2, 0.25) is 0 Å². The molecular formula is C14H17BrFNO2. The van der Waals surface area contributed by atoms with E-state index in [0.29, 0.717) is 18.9 Å². The number of anilines is 1. The molecule has 1 N–H and O–H groups in total. The summed E-state index contributed by atoms with van der Waals surface area (Å²) in [5.74, 6) is -0.564. The van der Waals surface area contributed by atoms with Crippen molar-refractivity contribution in [2.24, 2.45) is 0 Å². The van der Waals surface area contributed by atoms with Gasteiger partial charge in [-0.3, -0.25) is 0 Å². The van der Waals surface area contributed by atoms with E-state index in [0.717, 1.165) is 30.2 Å². The Morgan fingerprint density at radius 3 is 2.58 bits per heavy atom. The second kappa shape index (κ2) is 5.38. The van der Waals surface area contributed by atoms with E-state index in [1.54, 1.807) is 12.1 Å². The average Bonchev–Trinajstić information content (AvgIpc) is 2.85. The van der Waals surface area contributed by atoms with Crippen LogP contribution in [0.3, 0.4) is 0 Å². The maximum Gasteiger partial charge on any atom is 0.168 e. The van der Waals surface area contributed by atoms with Crippen molar-refractivity contribution in [3.8, 4) is 0 Å². The Labute approximate surface area is 120 Å². The first-order chi connectivity index (χ1) is 9.17. The normalized spacial score (nSPS) is 22.8. The lowest BCUT2D eigenvalue weighted by Crippen LogP contribution is -2.39. The highest BCUT2D eigenvalue weighted by Crippen LogP contribution is 2.37. The van der Waals surface area contributed by atoms with E-state index in [9.17, 15) is 4.39 Å². The van der Waals surface area contributed by atoms with Crippen molar-refractivity contribution in [3.63, 3.8) is 0 Å². The smallest absolute Gasteiger partial charge is 0.168 e. The van der Waals surface area contributed by atoms with Gasteiger partial charge in [0.15, 0.2) is 5.79 Å². The first-order valence-corrected chi connectivity index (χ1v) is 7.46. The third-order valence-corrected chi connectivity index (χ3v) is 4.34. The Hall–Kier alpha value is -0.650. The van der Waals surface area contributed by atoms with Crippen LogP contribution in [-0.2, 0) is 9.47 Å². The number of hydrogen-bond acceptors (Lipinski definition) is 3. The Bertz CT molecular complexity index is 453. The lowest BCUT2D eigenvalue weighted by molar-refractivity contribution is -0.177. The molecular weight excluding hydrogens is 313 g/mol. The molecule has 1 heterocycles. The van der Waals surface area contributed by atoms with Crippen molar-refractivity contribution in [2.45, 2.75) is 37.5 Å². The molecule has 1 aromatic rings. The number of benzene rings is 1. The van der Waals surface area contributed by atoms with Crippen LogP contribution in [0.5, 0.6) is 0 Å². The van der Waals surface area contributed by atoms with Crippen molar-refractivity contribution >= 4 is 21.6 Å². The van der Waals surface area contributed by atoms with E-state index >= 15 is 0 Å². The number of ether oxygens (including phenoxy) is 2. The minimum Gasteiger partial charge on any atom is -0.380 e. The molecule has 5 heteroatoms. The lowest BCUT2D eigenvalue weighted by Gasteiger charge is -2.36. The van der Waals surface area contributed by atoms with Gasteiger partial charge in [0.25, 0.3) is 0 Å². The quantitative estimate of drug-likeness (QED) is 0.897. The summed E-state index contributed by atoms with van der Waals surface area (Å²) in [6, 6.07) is 5.24. The van der Waals surface area contributed by atoms with E-state index in [2.05, 4.69) is 21.2 Å². The van der Waals surface area contributed by atoms with Crippen molar-refractivity contribution in [1.82, 2.24) is 0 Å². The zero-order chi connectivity index (χ0) is 13.3. The van der Waals surface area contributed by atoms with Crippen molar-refractivity contribution in [3.05, 3.63) is 28.5 Å². The highest BCUT2D eigenvalue weighted by Gasteiger charge is 2.40. The molecule has 3 rings (SSSR count). The Morgan fingerprint density at radius 1 is 1.21 bits per heavy atom. The first kappa shape index (κ1) is 13.3. The number of hydrogen-bond donors (Lipinski definition) is 1. The Kier molecular flexibility index (Phi) is 3.78. The molecule has 1 aromatic carbocycles. The Morgan fingerprint density at radius 2 is 1.89 bits per heavy atom. The molecule has 1 aliphatic carbocycles. The fourth-order valence-electron chi connectivity index (χ4n) is 2.82.